The first-order chi connectivity index (χ1) is 13.7. The standard InChI is InChI=1S/C19H12Cl2F2N2O3S/c20-11-7-12(21)9-13(8-11)25-29(27,28)14-5-6-18(17(23)10-14)24-19(26)15-3-1-2-4-16(15)22/h1-10,25H,(H,24,26). The lowest BCUT2D eigenvalue weighted by molar-refractivity contribution is 0.102. The van der Waals surface area contributed by atoms with Gasteiger partial charge in [0.05, 0.1) is 21.8 Å². The molecule has 1 amide bonds. The van der Waals surface area contributed by atoms with Crippen molar-refractivity contribution < 1.29 is 22.0 Å². The molecule has 0 aromatic heterocycles. The summed E-state index contributed by atoms with van der Waals surface area (Å²) in [6, 6.07) is 12.2. The van der Waals surface area contributed by atoms with Crippen LogP contribution in [0.2, 0.25) is 10.0 Å². The van der Waals surface area contributed by atoms with E-state index in [-0.39, 0.29) is 27.0 Å². The van der Waals surface area contributed by atoms with Gasteiger partial charge in [-0.2, -0.15) is 0 Å². The van der Waals surface area contributed by atoms with Crippen molar-refractivity contribution in [1.82, 2.24) is 0 Å². The van der Waals surface area contributed by atoms with Crippen molar-refractivity contribution in [2.45, 2.75) is 4.90 Å². The largest absolute Gasteiger partial charge is 0.319 e. The normalized spacial score (nSPS) is 11.2. The van der Waals surface area contributed by atoms with E-state index in [1.807, 2.05) is 0 Å². The maximum Gasteiger partial charge on any atom is 0.261 e. The highest BCUT2D eigenvalue weighted by molar-refractivity contribution is 7.92. The van der Waals surface area contributed by atoms with E-state index in [0.29, 0.717) is 0 Å². The number of halogens is 4. The second-order valence-corrected chi connectivity index (χ2v) is 8.39. The number of anilines is 2. The average Bonchev–Trinajstić information content (AvgIpc) is 2.62. The molecular weight excluding hydrogens is 445 g/mol. The second kappa shape index (κ2) is 8.36. The highest BCUT2D eigenvalue weighted by Crippen LogP contribution is 2.26. The van der Waals surface area contributed by atoms with Crippen LogP contribution in [0.1, 0.15) is 10.4 Å². The van der Waals surface area contributed by atoms with Crippen LogP contribution in [0.25, 0.3) is 0 Å². The fourth-order valence-electron chi connectivity index (χ4n) is 2.43. The van der Waals surface area contributed by atoms with Gasteiger partial charge in [-0.25, -0.2) is 17.2 Å². The van der Waals surface area contributed by atoms with E-state index in [9.17, 15) is 22.0 Å². The minimum absolute atomic E-state index is 0.0971. The van der Waals surface area contributed by atoms with Crippen LogP contribution < -0.4 is 10.0 Å². The Morgan fingerprint density at radius 3 is 2.14 bits per heavy atom. The van der Waals surface area contributed by atoms with Crippen LogP contribution in [0.5, 0.6) is 0 Å². The smallest absolute Gasteiger partial charge is 0.261 e. The molecular formula is C19H12Cl2F2N2O3S. The molecule has 2 N–H and O–H groups in total. The molecule has 29 heavy (non-hydrogen) atoms. The number of hydrogen-bond donors (Lipinski definition) is 2. The second-order valence-electron chi connectivity index (χ2n) is 5.84. The Morgan fingerprint density at radius 2 is 1.52 bits per heavy atom. The van der Waals surface area contributed by atoms with E-state index in [4.69, 9.17) is 23.2 Å². The van der Waals surface area contributed by atoms with Crippen LogP contribution in [-0.4, -0.2) is 14.3 Å². The minimum Gasteiger partial charge on any atom is -0.319 e. The third-order valence-electron chi connectivity index (χ3n) is 3.73. The van der Waals surface area contributed by atoms with Crippen LogP contribution in [0.4, 0.5) is 20.2 Å². The molecule has 0 aliphatic heterocycles. The SMILES string of the molecule is O=C(Nc1ccc(S(=O)(=O)Nc2cc(Cl)cc(Cl)c2)cc1F)c1ccccc1F. The van der Waals surface area contributed by atoms with E-state index >= 15 is 0 Å². The van der Waals surface area contributed by atoms with Crippen LogP contribution in [0, 0.1) is 11.6 Å². The number of nitrogens with one attached hydrogen (secondary N) is 2. The van der Waals surface area contributed by atoms with E-state index in [1.165, 1.54) is 36.4 Å². The van der Waals surface area contributed by atoms with Crippen LogP contribution in [-0.2, 0) is 10.0 Å². The van der Waals surface area contributed by atoms with Crippen molar-refractivity contribution in [2.24, 2.45) is 0 Å². The van der Waals surface area contributed by atoms with Crippen LogP contribution >= 0.6 is 23.2 Å². The Hall–Kier alpha value is -2.68. The van der Waals surface area contributed by atoms with Crippen molar-refractivity contribution in [2.75, 3.05) is 10.0 Å². The summed E-state index contributed by atoms with van der Waals surface area (Å²) >= 11 is 11.7. The fraction of sp³-hybridized carbons (Fsp3) is 0. The molecule has 0 saturated carbocycles. The Balaban J connectivity index is 1.83. The first-order valence-corrected chi connectivity index (χ1v) is 10.2. The molecule has 150 valence electrons. The summed E-state index contributed by atoms with van der Waals surface area (Å²) < 4.78 is 55.2. The summed E-state index contributed by atoms with van der Waals surface area (Å²) in [4.78, 5) is 11.7. The predicted octanol–water partition coefficient (Wildman–Crippen LogP) is 5.32. The zero-order valence-electron chi connectivity index (χ0n) is 14.4. The van der Waals surface area contributed by atoms with Crippen molar-refractivity contribution >= 4 is 50.5 Å². The molecule has 3 rings (SSSR count). The predicted molar refractivity (Wildman–Crippen MR) is 108 cm³/mol. The molecule has 0 atom stereocenters. The van der Waals surface area contributed by atoms with Gasteiger partial charge in [0.1, 0.15) is 11.6 Å². The molecule has 3 aromatic rings. The van der Waals surface area contributed by atoms with E-state index in [0.717, 1.165) is 24.3 Å². The van der Waals surface area contributed by atoms with Gasteiger partial charge in [-0.1, -0.05) is 35.3 Å². The Bertz CT molecular complexity index is 1180. The summed E-state index contributed by atoms with van der Waals surface area (Å²) in [6.45, 7) is 0. The third kappa shape index (κ3) is 5.03. The Morgan fingerprint density at radius 1 is 0.862 bits per heavy atom. The molecule has 10 heteroatoms. The van der Waals surface area contributed by atoms with Gasteiger partial charge in [0.15, 0.2) is 0 Å². The molecule has 0 aliphatic carbocycles. The van der Waals surface area contributed by atoms with Gasteiger partial charge >= 0.3 is 0 Å². The highest BCUT2D eigenvalue weighted by Gasteiger charge is 2.19. The van der Waals surface area contributed by atoms with Crippen molar-refractivity contribution in [3.8, 4) is 0 Å². The Labute approximate surface area is 175 Å². The number of rotatable bonds is 5. The zero-order chi connectivity index (χ0) is 21.2. The van der Waals surface area contributed by atoms with Crippen molar-refractivity contribution in [3.05, 3.63) is 87.9 Å². The first kappa shape index (κ1) is 21.0. The summed E-state index contributed by atoms with van der Waals surface area (Å²) in [5.41, 5.74) is -0.481. The number of amides is 1. The molecule has 0 bridgehead atoms. The van der Waals surface area contributed by atoms with Gasteiger partial charge in [-0.15, -0.1) is 0 Å². The molecule has 0 saturated heterocycles. The van der Waals surface area contributed by atoms with Crippen LogP contribution in [0.3, 0.4) is 0 Å². The van der Waals surface area contributed by atoms with Gasteiger partial charge in [0.2, 0.25) is 0 Å². The molecule has 0 spiro atoms. The maximum absolute atomic E-state index is 14.4. The lowest BCUT2D eigenvalue weighted by atomic mass is 10.2. The quantitative estimate of drug-likeness (QED) is 0.544. The molecule has 3 aromatic carbocycles. The zero-order valence-corrected chi connectivity index (χ0v) is 16.7. The summed E-state index contributed by atoms with van der Waals surface area (Å²) in [5.74, 6) is -2.65. The third-order valence-corrected chi connectivity index (χ3v) is 5.55. The van der Waals surface area contributed by atoms with Gasteiger partial charge in [-0.3, -0.25) is 9.52 Å². The minimum atomic E-state index is -4.15. The topological polar surface area (TPSA) is 75.3 Å². The number of carbonyl (C=O) groups is 1. The number of hydrogen-bond acceptors (Lipinski definition) is 3. The number of sulfonamides is 1. The molecule has 0 unspecified atom stereocenters. The maximum atomic E-state index is 14.4. The summed E-state index contributed by atoms with van der Waals surface area (Å²) in [6.07, 6.45) is 0. The molecule has 5 nitrogen and oxygen atoms in total. The van der Waals surface area contributed by atoms with E-state index in [2.05, 4.69) is 10.0 Å². The fourth-order valence-corrected chi connectivity index (χ4v) is 4.00. The van der Waals surface area contributed by atoms with Crippen molar-refractivity contribution in [1.29, 1.82) is 0 Å². The molecule has 0 radical (unpaired) electrons. The lowest BCUT2D eigenvalue weighted by Crippen LogP contribution is -2.16. The monoisotopic (exact) mass is 456 g/mol. The number of benzene rings is 3. The lowest BCUT2D eigenvalue weighted by Gasteiger charge is -2.11. The summed E-state index contributed by atoms with van der Waals surface area (Å²) in [7, 11) is -4.15. The molecule has 0 fully saturated rings. The molecule has 0 aliphatic rings. The summed E-state index contributed by atoms with van der Waals surface area (Å²) in [5, 5.41) is 2.64. The van der Waals surface area contributed by atoms with Gasteiger partial charge in [0.25, 0.3) is 15.9 Å². The number of carbonyl (C=O) groups excluding carboxylic acids is 1. The molecule has 0 heterocycles. The first-order valence-electron chi connectivity index (χ1n) is 8.00. The van der Waals surface area contributed by atoms with E-state index in [1.54, 1.807) is 0 Å². The van der Waals surface area contributed by atoms with Crippen molar-refractivity contribution in [3.63, 3.8) is 0 Å². The van der Waals surface area contributed by atoms with E-state index < -0.39 is 32.5 Å². The van der Waals surface area contributed by atoms with Crippen LogP contribution in [0.15, 0.2) is 65.6 Å². The highest BCUT2D eigenvalue weighted by atomic mass is 35.5. The van der Waals surface area contributed by atoms with Gasteiger partial charge < -0.3 is 5.32 Å². The Kier molecular flexibility index (Phi) is 6.07. The van der Waals surface area contributed by atoms with Gasteiger partial charge in [0, 0.05) is 10.0 Å². The average molecular weight is 457 g/mol. The van der Waals surface area contributed by atoms with Gasteiger partial charge in [-0.05, 0) is 48.5 Å².